The van der Waals surface area contributed by atoms with Crippen LogP contribution in [0.4, 0.5) is 0 Å². The van der Waals surface area contributed by atoms with Gasteiger partial charge in [0.05, 0.1) is 25.5 Å². The van der Waals surface area contributed by atoms with Crippen LogP contribution in [0.25, 0.3) is 5.57 Å². The molecule has 1 nitrogen and oxygen atoms in total. The summed E-state index contributed by atoms with van der Waals surface area (Å²) in [6.07, 6.45) is 3.54. The van der Waals surface area contributed by atoms with Crippen molar-refractivity contribution in [1.29, 1.82) is 0 Å². The van der Waals surface area contributed by atoms with Crippen molar-refractivity contribution in [3.05, 3.63) is 42.0 Å². The molecular formula is C13H17Cl2N. The first kappa shape index (κ1) is 13.6. The van der Waals surface area contributed by atoms with E-state index in [0.717, 1.165) is 19.0 Å². The minimum absolute atomic E-state index is 0. The predicted molar refractivity (Wildman–Crippen MR) is 65.3 cm³/mol. The molecule has 3 heteroatoms. The smallest absolute Gasteiger partial charge is 0.0964 e. The molecule has 2 rings (SSSR count). The third-order valence-electron chi connectivity index (χ3n) is 2.98. The van der Waals surface area contributed by atoms with Crippen molar-refractivity contribution in [2.75, 3.05) is 25.5 Å². The van der Waals surface area contributed by atoms with Gasteiger partial charge in [0.2, 0.25) is 0 Å². The lowest BCUT2D eigenvalue weighted by molar-refractivity contribution is -0.892. The summed E-state index contributed by atoms with van der Waals surface area (Å²) in [5, 5.41) is 0. The maximum atomic E-state index is 5.75. The quantitative estimate of drug-likeness (QED) is 0.636. The summed E-state index contributed by atoms with van der Waals surface area (Å²) in [7, 11) is 0. The van der Waals surface area contributed by atoms with Crippen molar-refractivity contribution in [3.63, 3.8) is 0 Å². The van der Waals surface area contributed by atoms with Gasteiger partial charge in [-0.3, -0.25) is 0 Å². The summed E-state index contributed by atoms with van der Waals surface area (Å²) in [6, 6.07) is 10.7. The van der Waals surface area contributed by atoms with Gasteiger partial charge < -0.3 is 17.3 Å². The van der Waals surface area contributed by atoms with Gasteiger partial charge in [-0.25, -0.2) is 0 Å². The summed E-state index contributed by atoms with van der Waals surface area (Å²) in [4.78, 5) is 1.60. The van der Waals surface area contributed by atoms with Crippen LogP contribution in [0.1, 0.15) is 12.0 Å². The standard InChI is InChI=1S/C13H16ClN.ClH/c14-8-11-15-9-6-13(7-10-15)12-4-2-1-3-5-12;/h1-6H,7-11H2;1H. The fourth-order valence-corrected chi connectivity index (χ4v) is 2.33. The normalized spacial score (nSPS) is 19.8. The van der Waals surface area contributed by atoms with E-state index >= 15 is 0 Å². The maximum Gasteiger partial charge on any atom is 0.0964 e. The summed E-state index contributed by atoms with van der Waals surface area (Å²) in [5.41, 5.74) is 2.87. The second kappa shape index (κ2) is 6.95. The molecule has 16 heavy (non-hydrogen) atoms. The SMILES string of the molecule is ClCC[NH+]1CC=C(c2ccccc2)CC1.[Cl-]. The average molecular weight is 258 g/mol. The van der Waals surface area contributed by atoms with Crippen LogP contribution in [0.3, 0.4) is 0 Å². The fraction of sp³-hybridized carbons (Fsp3) is 0.385. The minimum atomic E-state index is 0. The number of rotatable bonds is 3. The summed E-state index contributed by atoms with van der Waals surface area (Å²) >= 11 is 5.75. The van der Waals surface area contributed by atoms with Gasteiger partial charge in [-0.1, -0.05) is 30.3 Å². The van der Waals surface area contributed by atoms with Gasteiger partial charge in [-0.15, -0.1) is 11.6 Å². The summed E-state index contributed by atoms with van der Waals surface area (Å²) in [6.45, 7) is 3.42. The Balaban J connectivity index is 0.00000128. The number of alkyl halides is 1. The van der Waals surface area contributed by atoms with Gasteiger partial charge in [0.15, 0.2) is 0 Å². The van der Waals surface area contributed by atoms with E-state index < -0.39 is 0 Å². The molecule has 1 aromatic carbocycles. The van der Waals surface area contributed by atoms with E-state index in [-0.39, 0.29) is 12.4 Å². The molecule has 0 spiro atoms. The Morgan fingerprint density at radius 2 is 1.94 bits per heavy atom. The Morgan fingerprint density at radius 3 is 2.50 bits per heavy atom. The molecule has 1 aliphatic rings. The molecule has 0 saturated carbocycles. The molecule has 1 unspecified atom stereocenters. The Hall–Kier alpha value is -0.500. The predicted octanol–water partition coefficient (Wildman–Crippen LogP) is -1.40. The van der Waals surface area contributed by atoms with Crippen LogP contribution in [-0.2, 0) is 0 Å². The molecule has 0 bridgehead atoms. The molecule has 1 aromatic rings. The van der Waals surface area contributed by atoms with Crippen LogP contribution < -0.4 is 17.3 Å². The maximum absolute atomic E-state index is 5.75. The molecule has 1 atom stereocenters. The van der Waals surface area contributed by atoms with Crippen LogP contribution in [0.5, 0.6) is 0 Å². The van der Waals surface area contributed by atoms with Gasteiger partial charge in [0.1, 0.15) is 0 Å². The highest BCUT2D eigenvalue weighted by atomic mass is 35.5. The minimum Gasteiger partial charge on any atom is -1.00 e. The first-order chi connectivity index (χ1) is 7.40. The molecule has 88 valence electrons. The Labute approximate surface area is 109 Å². The monoisotopic (exact) mass is 257 g/mol. The summed E-state index contributed by atoms with van der Waals surface area (Å²) in [5.74, 6) is 0.768. The zero-order valence-corrected chi connectivity index (χ0v) is 10.8. The van der Waals surface area contributed by atoms with E-state index in [1.165, 1.54) is 24.1 Å². The number of quaternary nitrogens is 1. The number of benzene rings is 1. The van der Waals surface area contributed by atoms with E-state index in [0.29, 0.717) is 0 Å². The lowest BCUT2D eigenvalue weighted by Crippen LogP contribution is -3.12. The number of hydrogen-bond acceptors (Lipinski definition) is 0. The van der Waals surface area contributed by atoms with Gasteiger partial charge in [-0.05, 0) is 17.2 Å². The van der Waals surface area contributed by atoms with Gasteiger partial charge in [0.25, 0.3) is 0 Å². The first-order valence-electron chi connectivity index (χ1n) is 5.54. The Morgan fingerprint density at radius 1 is 1.19 bits per heavy atom. The molecule has 1 heterocycles. The molecule has 0 aliphatic carbocycles. The van der Waals surface area contributed by atoms with Gasteiger partial charge >= 0.3 is 0 Å². The number of halogens is 2. The average Bonchev–Trinajstić information content (AvgIpc) is 2.32. The molecular weight excluding hydrogens is 241 g/mol. The van der Waals surface area contributed by atoms with E-state index in [1.807, 2.05) is 0 Å². The van der Waals surface area contributed by atoms with E-state index in [4.69, 9.17) is 11.6 Å². The fourth-order valence-electron chi connectivity index (χ4n) is 2.06. The summed E-state index contributed by atoms with van der Waals surface area (Å²) < 4.78 is 0. The van der Waals surface area contributed by atoms with Crippen molar-refractivity contribution in [1.82, 2.24) is 0 Å². The Kier molecular flexibility index (Phi) is 5.89. The van der Waals surface area contributed by atoms with Crippen LogP contribution in [0, 0.1) is 0 Å². The molecule has 0 amide bonds. The molecule has 0 saturated heterocycles. The van der Waals surface area contributed by atoms with E-state index in [2.05, 4.69) is 36.4 Å². The molecule has 0 radical (unpaired) electrons. The second-order valence-corrected chi connectivity index (χ2v) is 4.37. The number of hydrogen-bond donors (Lipinski definition) is 1. The lowest BCUT2D eigenvalue weighted by atomic mass is 10.00. The molecule has 1 aliphatic heterocycles. The highest BCUT2D eigenvalue weighted by Crippen LogP contribution is 2.17. The van der Waals surface area contributed by atoms with Gasteiger partial charge in [0, 0.05) is 6.42 Å². The van der Waals surface area contributed by atoms with E-state index in [1.54, 1.807) is 4.90 Å². The van der Waals surface area contributed by atoms with Crippen molar-refractivity contribution in [2.45, 2.75) is 6.42 Å². The first-order valence-corrected chi connectivity index (χ1v) is 6.07. The Bertz CT molecular complexity index is 335. The van der Waals surface area contributed by atoms with Gasteiger partial charge in [-0.2, -0.15) is 0 Å². The zero-order chi connectivity index (χ0) is 10.5. The highest BCUT2D eigenvalue weighted by Gasteiger charge is 2.14. The lowest BCUT2D eigenvalue weighted by Gasteiger charge is -2.22. The highest BCUT2D eigenvalue weighted by molar-refractivity contribution is 6.17. The van der Waals surface area contributed by atoms with Crippen molar-refractivity contribution in [2.24, 2.45) is 0 Å². The molecule has 0 aromatic heterocycles. The third-order valence-corrected chi connectivity index (χ3v) is 3.17. The zero-order valence-electron chi connectivity index (χ0n) is 9.26. The van der Waals surface area contributed by atoms with Crippen LogP contribution in [0.2, 0.25) is 0 Å². The molecule has 0 fully saturated rings. The van der Waals surface area contributed by atoms with Crippen LogP contribution in [-0.4, -0.2) is 25.5 Å². The largest absolute Gasteiger partial charge is 1.00 e. The van der Waals surface area contributed by atoms with Crippen LogP contribution >= 0.6 is 11.6 Å². The number of nitrogens with one attached hydrogen (secondary N) is 1. The van der Waals surface area contributed by atoms with Crippen molar-refractivity contribution in [3.8, 4) is 0 Å². The third kappa shape index (κ3) is 3.51. The molecule has 1 N–H and O–H groups in total. The second-order valence-electron chi connectivity index (χ2n) is 3.99. The van der Waals surface area contributed by atoms with Crippen molar-refractivity contribution < 1.29 is 17.3 Å². The van der Waals surface area contributed by atoms with E-state index in [9.17, 15) is 0 Å². The van der Waals surface area contributed by atoms with Crippen LogP contribution in [0.15, 0.2) is 36.4 Å². The van der Waals surface area contributed by atoms with Crippen molar-refractivity contribution >= 4 is 17.2 Å². The topological polar surface area (TPSA) is 4.44 Å².